The van der Waals surface area contributed by atoms with Crippen molar-refractivity contribution in [2.45, 2.75) is 32.4 Å². The van der Waals surface area contributed by atoms with Crippen molar-refractivity contribution in [2.75, 3.05) is 6.54 Å². The zero-order valence-electron chi connectivity index (χ0n) is 15.7. The summed E-state index contributed by atoms with van der Waals surface area (Å²) in [5, 5.41) is 6.98. The van der Waals surface area contributed by atoms with Crippen LogP contribution in [0.1, 0.15) is 46.2 Å². The third kappa shape index (κ3) is 3.63. The summed E-state index contributed by atoms with van der Waals surface area (Å²) in [6.07, 6.45) is 1.92. The average molecular weight is 379 g/mol. The zero-order valence-corrected chi connectivity index (χ0v) is 15.7. The molecule has 1 saturated heterocycles. The topological polar surface area (TPSA) is 58.2 Å². The van der Waals surface area contributed by atoms with Crippen LogP contribution in [0.15, 0.2) is 54.6 Å². The highest BCUT2D eigenvalue weighted by Gasteiger charge is 2.32. The summed E-state index contributed by atoms with van der Waals surface area (Å²) in [7, 11) is 0. The van der Waals surface area contributed by atoms with Crippen molar-refractivity contribution in [2.24, 2.45) is 0 Å². The lowest BCUT2D eigenvalue weighted by atomic mass is 9.99. The smallest absolute Gasteiger partial charge is 0.274 e. The predicted octanol–water partition coefficient (Wildman–Crippen LogP) is 4.41. The van der Waals surface area contributed by atoms with E-state index in [-0.39, 0.29) is 24.3 Å². The number of aromatic amines is 1. The second kappa shape index (κ2) is 7.84. The average Bonchev–Trinajstić information content (AvgIpc) is 3.37. The number of halogens is 1. The molecule has 1 unspecified atom stereocenters. The highest BCUT2D eigenvalue weighted by molar-refractivity contribution is 5.93. The molecule has 0 bridgehead atoms. The van der Waals surface area contributed by atoms with Crippen LogP contribution in [-0.4, -0.2) is 27.5 Å². The maximum Gasteiger partial charge on any atom is 0.274 e. The van der Waals surface area contributed by atoms with Gasteiger partial charge in [0.25, 0.3) is 5.91 Å². The number of H-pyrrole nitrogens is 1. The minimum Gasteiger partial charge on any atom is -0.484 e. The fourth-order valence-corrected chi connectivity index (χ4v) is 3.70. The Labute approximate surface area is 163 Å². The Morgan fingerprint density at radius 2 is 2.04 bits per heavy atom. The van der Waals surface area contributed by atoms with Crippen molar-refractivity contribution in [1.29, 1.82) is 0 Å². The molecule has 0 radical (unpaired) electrons. The number of nitrogens with zero attached hydrogens (tertiary/aromatic N) is 2. The fourth-order valence-electron chi connectivity index (χ4n) is 3.70. The summed E-state index contributed by atoms with van der Waals surface area (Å²) in [4.78, 5) is 14.9. The molecule has 0 spiro atoms. The third-order valence-electron chi connectivity index (χ3n) is 5.13. The van der Waals surface area contributed by atoms with Gasteiger partial charge < -0.3 is 9.64 Å². The molecule has 0 aliphatic carbocycles. The van der Waals surface area contributed by atoms with Gasteiger partial charge in [-0.25, -0.2) is 4.39 Å². The largest absolute Gasteiger partial charge is 0.484 e. The molecule has 2 aromatic carbocycles. The molecule has 28 heavy (non-hydrogen) atoms. The van der Waals surface area contributed by atoms with Crippen molar-refractivity contribution in [1.82, 2.24) is 15.1 Å². The molecule has 1 N–H and O–H groups in total. The van der Waals surface area contributed by atoms with Crippen LogP contribution in [0.4, 0.5) is 4.39 Å². The van der Waals surface area contributed by atoms with Gasteiger partial charge in [0.05, 0.1) is 11.7 Å². The first-order chi connectivity index (χ1) is 13.6. The Kier molecular flexibility index (Phi) is 5.10. The molecule has 0 saturated carbocycles. The molecule has 1 aliphatic heterocycles. The predicted molar refractivity (Wildman–Crippen MR) is 104 cm³/mol. The van der Waals surface area contributed by atoms with Crippen LogP contribution in [0, 0.1) is 12.7 Å². The number of rotatable bonds is 5. The molecule has 1 aromatic heterocycles. The number of hydrogen-bond donors (Lipinski definition) is 1. The molecule has 5 nitrogen and oxygen atoms in total. The van der Waals surface area contributed by atoms with Crippen LogP contribution in [0.25, 0.3) is 0 Å². The first kappa shape index (κ1) is 18.2. The molecule has 144 valence electrons. The Balaban J connectivity index is 1.46. The second-order valence-corrected chi connectivity index (χ2v) is 7.01. The number of nitrogens with one attached hydrogen (secondary N) is 1. The molecule has 1 atom stereocenters. The van der Waals surface area contributed by atoms with Crippen LogP contribution in [0.3, 0.4) is 0 Å². The monoisotopic (exact) mass is 379 g/mol. The number of hydrogen-bond acceptors (Lipinski definition) is 3. The van der Waals surface area contributed by atoms with E-state index in [1.165, 1.54) is 17.2 Å². The van der Waals surface area contributed by atoms with Gasteiger partial charge in [-0.3, -0.25) is 9.89 Å². The fraction of sp³-hybridized carbons (Fsp3) is 0.273. The van der Waals surface area contributed by atoms with Gasteiger partial charge in [-0.05, 0) is 49.1 Å². The molecule has 2 heterocycles. The first-order valence-corrected chi connectivity index (χ1v) is 9.41. The lowest BCUT2D eigenvalue weighted by molar-refractivity contribution is 0.0729. The number of aryl methyl sites for hydroxylation is 1. The second-order valence-electron chi connectivity index (χ2n) is 7.01. The molecule has 1 fully saturated rings. The van der Waals surface area contributed by atoms with E-state index in [2.05, 4.69) is 29.3 Å². The number of amides is 1. The minimum absolute atomic E-state index is 0.0727. The Bertz CT molecular complexity index is 985. The standard InChI is InChI=1S/C22H22FN3O2/c1-15-7-2-3-8-17(15)20-10-6-12-26(20)22(27)19-13-16(24-25-19)14-28-21-11-5-4-9-18(21)23/h2-5,7-9,11,13,20H,6,10,12,14H2,1H3,(H,24,25). The quantitative estimate of drug-likeness (QED) is 0.714. The Morgan fingerprint density at radius 3 is 2.86 bits per heavy atom. The maximum atomic E-state index is 13.7. The summed E-state index contributed by atoms with van der Waals surface area (Å²) in [5.74, 6) is -0.347. The van der Waals surface area contributed by atoms with Gasteiger partial charge in [0, 0.05) is 6.54 Å². The maximum absolute atomic E-state index is 13.7. The zero-order chi connectivity index (χ0) is 19.5. The molecular weight excluding hydrogens is 357 g/mol. The van der Waals surface area contributed by atoms with Crippen molar-refractivity contribution in [3.05, 3.63) is 82.9 Å². The van der Waals surface area contributed by atoms with Gasteiger partial charge in [-0.2, -0.15) is 5.10 Å². The molecule has 1 amide bonds. The van der Waals surface area contributed by atoms with E-state index < -0.39 is 5.82 Å². The van der Waals surface area contributed by atoms with E-state index in [0.717, 1.165) is 12.8 Å². The lowest BCUT2D eigenvalue weighted by Crippen LogP contribution is -2.31. The van der Waals surface area contributed by atoms with Gasteiger partial charge in [0.1, 0.15) is 6.61 Å². The van der Waals surface area contributed by atoms with Crippen molar-refractivity contribution >= 4 is 5.91 Å². The van der Waals surface area contributed by atoms with Gasteiger partial charge >= 0.3 is 0 Å². The summed E-state index contributed by atoms with van der Waals surface area (Å²) in [6, 6.07) is 16.2. The molecule has 3 aromatic rings. The number of benzene rings is 2. The normalized spacial score (nSPS) is 16.4. The Morgan fingerprint density at radius 1 is 1.25 bits per heavy atom. The van der Waals surface area contributed by atoms with Crippen LogP contribution in [0.5, 0.6) is 5.75 Å². The number of carbonyl (C=O) groups is 1. The van der Waals surface area contributed by atoms with E-state index in [1.807, 2.05) is 17.0 Å². The number of carbonyl (C=O) groups excluding carboxylic acids is 1. The van der Waals surface area contributed by atoms with Crippen LogP contribution >= 0.6 is 0 Å². The highest BCUT2D eigenvalue weighted by Crippen LogP contribution is 2.34. The molecular formula is C22H22FN3O2. The summed E-state index contributed by atoms with van der Waals surface area (Å²) >= 11 is 0. The third-order valence-corrected chi connectivity index (χ3v) is 5.13. The van der Waals surface area contributed by atoms with Crippen molar-refractivity contribution in [3.8, 4) is 5.75 Å². The lowest BCUT2D eigenvalue weighted by Gasteiger charge is -2.25. The van der Waals surface area contributed by atoms with Crippen molar-refractivity contribution in [3.63, 3.8) is 0 Å². The van der Waals surface area contributed by atoms with E-state index >= 15 is 0 Å². The van der Waals surface area contributed by atoms with E-state index in [9.17, 15) is 9.18 Å². The van der Waals surface area contributed by atoms with Crippen LogP contribution < -0.4 is 4.74 Å². The van der Waals surface area contributed by atoms with Crippen LogP contribution in [-0.2, 0) is 6.61 Å². The van der Waals surface area contributed by atoms with Gasteiger partial charge in [-0.15, -0.1) is 0 Å². The first-order valence-electron chi connectivity index (χ1n) is 9.41. The summed E-state index contributed by atoms with van der Waals surface area (Å²) < 4.78 is 19.1. The molecule has 1 aliphatic rings. The van der Waals surface area contributed by atoms with Crippen LogP contribution in [0.2, 0.25) is 0 Å². The van der Waals surface area contributed by atoms with E-state index in [0.29, 0.717) is 17.9 Å². The van der Waals surface area contributed by atoms with Gasteiger partial charge in [-0.1, -0.05) is 36.4 Å². The molecule has 4 rings (SSSR count). The van der Waals surface area contributed by atoms with Gasteiger partial charge in [0.15, 0.2) is 17.3 Å². The number of aromatic nitrogens is 2. The molecule has 6 heteroatoms. The summed E-state index contributed by atoms with van der Waals surface area (Å²) in [5.41, 5.74) is 3.35. The number of likely N-dealkylation sites (tertiary alicyclic amines) is 1. The number of para-hydroxylation sites is 1. The van der Waals surface area contributed by atoms with E-state index in [1.54, 1.807) is 24.3 Å². The highest BCUT2D eigenvalue weighted by atomic mass is 19.1. The number of ether oxygens (including phenoxy) is 1. The SMILES string of the molecule is Cc1ccccc1C1CCCN1C(=O)c1cc(COc2ccccc2F)[nH]n1. The van der Waals surface area contributed by atoms with Gasteiger partial charge in [0.2, 0.25) is 0 Å². The Hall–Kier alpha value is -3.15. The van der Waals surface area contributed by atoms with Crippen molar-refractivity contribution < 1.29 is 13.9 Å². The minimum atomic E-state index is -0.420. The van der Waals surface area contributed by atoms with E-state index in [4.69, 9.17) is 4.74 Å². The summed E-state index contributed by atoms with van der Waals surface area (Å²) in [6.45, 7) is 2.90.